The van der Waals surface area contributed by atoms with Crippen molar-refractivity contribution in [2.24, 2.45) is 0 Å². The van der Waals surface area contributed by atoms with E-state index in [0.717, 1.165) is 5.56 Å². The van der Waals surface area contributed by atoms with E-state index in [0.29, 0.717) is 16.9 Å². The summed E-state index contributed by atoms with van der Waals surface area (Å²) in [5, 5.41) is 0. The average Bonchev–Trinajstić information content (AvgIpc) is 3.02. The second kappa shape index (κ2) is 8.60. The molecule has 152 valence electrons. The van der Waals surface area contributed by atoms with Gasteiger partial charge in [0, 0.05) is 0 Å². The molecule has 2 aromatic carbocycles. The zero-order chi connectivity index (χ0) is 20.9. The maximum absolute atomic E-state index is 13.2. The Morgan fingerprint density at radius 3 is 2.37 bits per heavy atom. The molecule has 2 heterocycles. The van der Waals surface area contributed by atoms with E-state index in [1.807, 2.05) is 48.5 Å². The summed E-state index contributed by atoms with van der Waals surface area (Å²) in [6, 6.07) is 18.7. The molecule has 0 radical (unpaired) electrons. The molecule has 0 saturated heterocycles. The Labute approximate surface area is 172 Å². The monoisotopic (exact) mass is 404 g/mol. The molecule has 0 spiro atoms. The fraction of sp³-hybridized carbons (Fsp3) is 0.182. The molecule has 4 aromatic rings. The van der Waals surface area contributed by atoms with E-state index in [4.69, 9.17) is 9.47 Å². The molecule has 0 fully saturated rings. The number of hydrogen-bond acceptors (Lipinski definition) is 6. The molecule has 4 rings (SSSR count). The normalized spacial score (nSPS) is 10.8. The Kier molecular flexibility index (Phi) is 5.56. The molecular formula is C22H20N4O4. The van der Waals surface area contributed by atoms with Crippen molar-refractivity contribution in [2.45, 2.75) is 20.0 Å². The van der Waals surface area contributed by atoms with Crippen LogP contribution in [0.3, 0.4) is 0 Å². The van der Waals surface area contributed by atoms with Crippen molar-refractivity contribution >= 4 is 17.1 Å². The number of para-hydroxylation sites is 1. The summed E-state index contributed by atoms with van der Waals surface area (Å²) in [7, 11) is 0. The second-order valence-electron chi connectivity index (χ2n) is 6.51. The SMILES string of the molecule is CCOC(=O)Cn1c(=O)n(Cc2ccccc2)c2c(Oc3ccccc3)ncnc21. The van der Waals surface area contributed by atoms with E-state index < -0.39 is 5.97 Å². The molecule has 0 atom stereocenters. The first-order valence-corrected chi connectivity index (χ1v) is 9.54. The van der Waals surface area contributed by atoms with E-state index >= 15 is 0 Å². The van der Waals surface area contributed by atoms with Crippen molar-refractivity contribution in [3.05, 3.63) is 83.0 Å². The first kappa shape index (κ1) is 19.4. The van der Waals surface area contributed by atoms with Crippen LogP contribution in [0.1, 0.15) is 12.5 Å². The van der Waals surface area contributed by atoms with Gasteiger partial charge in [-0.25, -0.2) is 9.78 Å². The van der Waals surface area contributed by atoms with Crippen molar-refractivity contribution < 1.29 is 14.3 Å². The molecule has 8 heteroatoms. The van der Waals surface area contributed by atoms with E-state index in [2.05, 4.69) is 9.97 Å². The largest absolute Gasteiger partial charge is 0.465 e. The zero-order valence-electron chi connectivity index (χ0n) is 16.4. The molecule has 2 aromatic heterocycles. The van der Waals surface area contributed by atoms with Gasteiger partial charge in [-0.2, -0.15) is 4.98 Å². The van der Waals surface area contributed by atoms with Crippen molar-refractivity contribution in [3.8, 4) is 11.6 Å². The van der Waals surface area contributed by atoms with Crippen molar-refractivity contribution in [1.29, 1.82) is 0 Å². The number of ether oxygens (including phenoxy) is 2. The maximum atomic E-state index is 13.2. The lowest BCUT2D eigenvalue weighted by Gasteiger charge is -2.08. The summed E-state index contributed by atoms with van der Waals surface area (Å²) in [5.41, 5.74) is 1.26. The number of carbonyl (C=O) groups is 1. The molecular weight excluding hydrogens is 384 g/mol. The van der Waals surface area contributed by atoms with Gasteiger partial charge in [0.05, 0.1) is 13.2 Å². The molecule has 30 heavy (non-hydrogen) atoms. The maximum Gasteiger partial charge on any atom is 0.331 e. The van der Waals surface area contributed by atoms with Gasteiger partial charge in [0.1, 0.15) is 18.6 Å². The van der Waals surface area contributed by atoms with Gasteiger partial charge in [0.2, 0.25) is 5.88 Å². The molecule has 0 aliphatic carbocycles. The van der Waals surface area contributed by atoms with Crippen LogP contribution in [-0.4, -0.2) is 31.7 Å². The molecule has 0 unspecified atom stereocenters. The Morgan fingerprint density at radius 1 is 0.967 bits per heavy atom. The number of hydrogen-bond donors (Lipinski definition) is 0. The van der Waals surface area contributed by atoms with E-state index in [-0.39, 0.29) is 31.3 Å². The van der Waals surface area contributed by atoms with E-state index in [1.165, 1.54) is 15.5 Å². The number of esters is 1. The highest BCUT2D eigenvalue weighted by atomic mass is 16.5. The van der Waals surface area contributed by atoms with Crippen LogP contribution in [0.2, 0.25) is 0 Å². The number of carbonyl (C=O) groups excluding carboxylic acids is 1. The highest BCUT2D eigenvalue weighted by molar-refractivity contribution is 5.79. The van der Waals surface area contributed by atoms with Gasteiger partial charge in [0.15, 0.2) is 11.2 Å². The Hall–Kier alpha value is -3.94. The van der Waals surface area contributed by atoms with Gasteiger partial charge >= 0.3 is 11.7 Å². The topological polar surface area (TPSA) is 88.2 Å². The van der Waals surface area contributed by atoms with E-state index in [1.54, 1.807) is 19.1 Å². The van der Waals surface area contributed by atoms with Crippen LogP contribution in [0, 0.1) is 0 Å². The Balaban J connectivity index is 1.86. The predicted molar refractivity (Wildman–Crippen MR) is 110 cm³/mol. The fourth-order valence-electron chi connectivity index (χ4n) is 3.19. The zero-order valence-corrected chi connectivity index (χ0v) is 16.4. The van der Waals surface area contributed by atoms with E-state index in [9.17, 15) is 9.59 Å². The first-order valence-electron chi connectivity index (χ1n) is 9.54. The van der Waals surface area contributed by atoms with Gasteiger partial charge in [-0.1, -0.05) is 48.5 Å². The van der Waals surface area contributed by atoms with Crippen LogP contribution >= 0.6 is 0 Å². The summed E-state index contributed by atoms with van der Waals surface area (Å²) >= 11 is 0. The molecule has 0 saturated carbocycles. The number of nitrogens with zero attached hydrogens (tertiary/aromatic N) is 4. The number of aromatic nitrogens is 4. The summed E-state index contributed by atoms with van der Waals surface area (Å²) < 4.78 is 13.8. The minimum Gasteiger partial charge on any atom is -0.465 e. The lowest BCUT2D eigenvalue weighted by molar-refractivity contribution is -0.143. The van der Waals surface area contributed by atoms with Crippen LogP contribution in [0.15, 0.2) is 71.8 Å². The highest BCUT2D eigenvalue weighted by Gasteiger charge is 2.22. The highest BCUT2D eigenvalue weighted by Crippen LogP contribution is 2.26. The van der Waals surface area contributed by atoms with Crippen LogP contribution in [-0.2, 0) is 22.6 Å². The first-order chi connectivity index (χ1) is 14.7. The van der Waals surface area contributed by atoms with Crippen LogP contribution in [0.4, 0.5) is 0 Å². The third kappa shape index (κ3) is 3.93. The Bertz CT molecular complexity index is 1220. The number of imidazole rings is 1. The Morgan fingerprint density at radius 2 is 1.67 bits per heavy atom. The third-order valence-electron chi connectivity index (χ3n) is 4.49. The van der Waals surface area contributed by atoms with Crippen LogP contribution in [0.5, 0.6) is 11.6 Å². The molecule has 0 aliphatic rings. The number of benzene rings is 2. The van der Waals surface area contributed by atoms with Crippen molar-refractivity contribution in [2.75, 3.05) is 6.61 Å². The quantitative estimate of drug-likeness (QED) is 0.440. The summed E-state index contributed by atoms with van der Waals surface area (Å²) in [6.07, 6.45) is 1.31. The summed E-state index contributed by atoms with van der Waals surface area (Å²) in [6.45, 7) is 1.98. The molecule has 8 nitrogen and oxygen atoms in total. The number of rotatable bonds is 7. The second-order valence-corrected chi connectivity index (χ2v) is 6.51. The molecule has 0 bridgehead atoms. The average molecular weight is 404 g/mol. The summed E-state index contributed by atoms with van der Waals surface area (Å²) in [4.78, 5) is 33.8. The smallest absolute Gasteiger partial charge is 0.331 e. The summed E-state index contributed by atoms with van der Waals surface area (Å²) in [5.74, 6) is 0.304. The standard InChI is InChI=1S/C22H20N4O4/c1-2-29-18(27)14-26-20-19(25(22(26)28)13-16-9-5-3-6-10-16)21(24-15-23-20)30-17-11-7-4-8-12-17/h3-12,15H,2,13-14H2,1H3. The minimum absolute atomic E-state index is 0.230. The number of fused-ring (bicyclic) bond motifs is 1. The predicted octanol–water partition coefficient (Wildman–Crippen LogP) is 3.00. The van der Waals surface area contributed by atoms with Gasteiger partial charge in [0.25, 0.3) is 0 Å². The van der Waals surface area contributed by atoms with Gasteiger partial charge < -0.3 is 9.47 Å². The minimum atomic E-state index is -0.512. The van der Waals surface area contributed by atoms with Crippen molar-refractivity contribution in [3.63, 3.8) is 0 Å². The van der Waals surface area contributed by atoms with Crippen LogP contribution in [0.25, 0.3) is 11.2 Å². The molecule has 0 aliphatic heterocycles. The van der Waals surface area contributed by atoms with Gasteiger partial charge in [-0.05, 0) is 24.6 Å². The fourth-order valence-corrected chi connectivity index (χ4v) is 3.19. The van der Waals surface area contributed by atoms with Crippen molar-refractivity contribution in [1.82, 2.24) is 19.1 Å². The third-order valence-corrected chi connectivity index (χ3v) is 4.49. The molecule has 0 amide bonds. The van der Waals surface area contributed by atoms with Crippen LogP contribution < -0.4 is 10.4 Å². The lowest BCUT2D eigenvalue weighted by Crippen LogP contribution is -2.28. The lowest BCUT2D eigenvalue weighted by atomic mass is 10.2. The molecule has 0 N–H and O–H groups in total. The van der Waals surface area contributed by atoms with Gasteiger partial charge in [-0.3, -0.25) is 13.9 Å². The van der Waals surface area contributed by atoms with Gasteiger partial charge in [-0.15, -0.1) is 0 Å².